The number of benzene rings is 1. The highest BCUT2D eigenvalue weighted by molar-refractivity contribution is 5.86. The maximum Gasteiger partial charge on any atom is 0.176 e. The molecule has 1 aromatic heterocycles. The molecule has 0 fully saturated rings. The van der Waals surface area contributed by atoms with E-state index in [1.165, 1.54) is 0 Å². The van der Waals surface area contributed by atoms with E-state index in [0.717, 1.165) is 22.3 Å². The zero-order valence-electron chi connectivity index (χ0n) is 7.41. The predicted octanol–water partition coefficient (Wildman–Crippen LogP) is 1.90. The molecule has 0 saturated carbocycles. The molecular formula is C10H11NO2. The van der Waals surface area contributed by atoms with Gasteiger partial charge in [-0.1, -0.05) is 12.1 Å². The van der Waals surface area contributed by atoms with Crippen molar-refractivity contribution in [3.05, 3.63) is 30.0 Å². The first-order valence-electron chi connectivity index (χ1n) is 4.10. The maximum absolute atomic E-state index is 5.55. The Kier molecular flexibility index (Phi) is 1.94. The Morgan fingerprint density at radius 1 is 1.46 bits per heavy atom. The highest BCUT2D eigenvalue weighted by Gasteiger charge is 2.07. The van der Waals surface area contributed by atoms with E-state index in [1.54, 1.807) is 13.4 Å². The molecule has 13 heavy (non-hydrogen) atoms. The van der Waals surface area contributed by atoms with Gasteiger partial charge in [-0.3, -0.25) is 0 Å². The molecule has 0 atom stereocenters. The normalized spacial score (nSPS) is 10.6. The third-order valence-corrected chi connectivity index (χ3v) is 2.08. The summed E-state index contributed by atoms with van der Waals surface area (Å²) < 4.78 is 10.5. The summed E-state index contributed by atoms with van der Waals surface area (Å²) in [6, 6.07) is 5.77. The molecule has 0 aliphatic carbocycles. The molecule has 0 unspecified atom stereocenters. The summed E-state index contributed by atoms with van der Waals surface area (Å²) in [6.45, 7) is 0.486. The summed E-state index contributed by atoms with van der Waals surface area (Å²) in [5, 5.41) is 1.03. The predicted molar refractivity (Wildman–Crippen MR) is 50.7 cm³/mol. The first-order chi connectivity index (χ1) is 6.36. The van der Waals surface area contributed by atoms with Gasteiger partial charge < -0.3 is 14.9 Å². The van der Waals surface area contributed by atoms with Crippen LogP contribution in [-0.2, 0) is 6.54 Å². The lowest BCUT2D eigenvalue weighted by atomic mass is 10.2. The van der Waals surface area contributed by atoms with Crippen LogP contribution >= 0.6 is 0 Å². The number of hydrogen-bond donors (Lipinski definition) is 1. The van der Waals surface area contributed by atoms with Crippen LogP contribution in [0, 0.1) is 0 Å². The Hall–Kier alpha value is -1.48. The molecule has 3 nitrogen and oxygen atoms in total. The van der Waals surface area contributed by atoms with E-state index in [0.29, 0.717) is 6.54 Å². The van der Waals surface area contributed by atoms with Crippen LogP contribution in [0.15, 0.2) is 28.9 Å². The fourth-order valence-electron chi connectivity index (χ4n) is 1.40. The minimum absolute atomic E-state index is 0.486. The second-order valence-electron chi connectivity index (χ2n) is 2.80. The fraction of sp³-hybridized carbons (Fsp3) is 0.200. The molecule has 0 aliphatic heterocycles. The molecule has 2 N–H and O–H groups in total. The molecule has 0 saturated heterocycles. The van der Waals surface area contributed by atoms with Crippen LogP contribution in [0.1, 0.15) is 5.56 Å². The number of hydrogen-bond acceptors (Lipinski definition) is 3. The molecule has 0 radical (unpaired) electrons. The van der Waals surface area contributed by atoms with Crippen LogP contribution in [0.3, 0.4) is 0 Å². The highest BCUT2D eigenvalue weighted by Crippen LogP contribution is 2.28. The molecular weight excluding hydrogens is 166 g/mol. The smallest absolute Gasteiger partial charge is 0.176 e. The lowest BCUT2D eigenvalue weighted by Gasteiger charge is -1.99. The molecule has 1 aromatic carbocycles. The number of nitrogens with two attached hydrogens (primary N) is 1. The molecule has 2 aromatic rings. The van der Waals surface area contributed by atoms with Gasteiger partial charge in [-0.15, -0.1) is 0 Å². The molecule has 0 spiro atoms. The van der Waals surface area contributed by atoms with Gasteiger partial charge >= 0.3 is 0 Å². The maximum atomic E-state index is 5.55. The largest absolute Gasteiger partial charge is 0.493 e. The molecule has 2 rings (SSSR count). The molecule has 1 heterocycles. The second kappa shape index (κ2) is 3.11. The van der Waals surface area contributed by atoms with Crippen molar-refractivity contribution in [2.24, 2.45) is 5.73 Å². The highest BCUT2D eigenvalue weighted by atomic mass is 16.5. The monoisotopic (exact) mass is 177 g/mol. The van der Waals surface area contributed by atoms with Gasteiger partial charge in [0.1, 0.15) is 0 Å². The van der Waals surface area contributed by atoms with Crippen molar-refractivity contribution >= 4 is 11.0 Å². The van der Waals surface area contributed by atoms with E-state index in [4.69, 9.17) is 14.9 Å². The molecule has 3 heteroatoms. The summed E-state index contributed by atoms with van der Waals surface area (Å²) in [5.74, 6) is 0.747. The Labute approximate surface area is 76.1 Å². The van der Waals surface area contributed by atoms with Gasteiger partial charge in [0, 0.05) is 17.5 Å². The summed E-state index contributed by atoms with van der Waals surface area (Å²) in [4.78, 5) is 0. The molecule has 68 valence electrons. The number of ether oxygens (including phenoxy) is 1. The first kappa shape index (κ1) is 8.13. The average Bonchev–Trinajstić information content (AvgIpc) is 2.60. The van der Waals surface area contributed by atoms with Crippen molar-refractivity contribution in [2.45, 2.75) is 6.54 Å². The van der Waals surface area contributed by atoms with Crippen LogP contribution < -0.4 is 10.5 Å². The number of para-hydroxylation sites is 1. The summed E-state index contributed by atoms with van der Waals surface area (Å²) in [5.41, 5.74) is 7.33. The van der Waals surface area contributed by atoms with Crippen LogP contribution in [-0.4, -0.2) is 7.11 Å². The first-order valence-corrected chi connectivity index (χ1v) is 4.10. The zero-order valence-corrected chi connectivity index (χ0v) is 7.41. The lowest BCUT2D eigenvalue weighted by molar-refractivity contribution is 0.410. The second-order valence-corrected chi connectivity index (χ2v) is 2.80. The van der Waals surface area contributed by atoms with E-state index in [1.807, 2.05) is 18.2 Å². The van der Waals surface area contributed by atoms with Crippen molar-refractivity contribution in [1.29, 1.82) is 0 Å². The van der Waals surface area contributed by atoms with Gasteiger partial charge in [-0.2, -0.15) is 0 Å². The van der Waals surface area contributed by atoms with Crippen molar-refractivity contribution in [3.8, 4) is 5.75 Å². The van der Waals surface area contributed by atoms with E-state index in [9.17, 15) is 0 Å². The van der Waals surface area contributed by atoms with Gasteiger partial charge in [0.2, 0.25) is 0 Å². The zero-order chi connectivity index (χ0) is 9.26. The summed E-state index contributed by atoms with van der Waals surface area (Å²) in [7, 11) is 1.62. The van der Waals surface area contributed by atoms with Crippen LogP contribution in [0.2, 0.25) is 0 Å². The Morgan fingerprint density at radius 3 is 3.00 bits per heavy atom. The molecule has 0 amide bonds. The van der Waals surface area contributed by atoms with Gasteiger partial charge in [0.25, 0.3) is 0 Å². The SMILES string of the molecule is COc1cccc2c(CN)coc12. The number of rotatable bonds is 2. The fourth-order valence-corrected chi connectivity index (χ4v) is 1.40. The van der Waals surface area contributed by atoms with Crippen molar-refractivity contribution in [1.82, 2.24) is 0 Å². The van der Waals surface area contributed by atoms with Crippen molar-refractivity contribution in [3.63, 3.8) is 0 Å². The third-order valence-electron chi connectivity index (χ3n) is 2.08. The van der Waals surface area contributed by atoms with Crippen LogP contribution in [0.5, 0.6) is 5.75 Å². The minimum Gasteiger partial charge on any atom is -0.493 e. The van der Waals surface area contributed by atoms with E-state index >= 15 is 0 Å². The minimum atomic E-state index is 0.486. The van der Waals surface area contributed by atoms with Crippen molar-refractivity contribution < 1.29 is 9.15 Å². The quantitative estimate of drug-likeness (QED) is 0.762. The average molecular weight is 177 g/mol. The van der Waals surface area contributed by atoms with Gasteiger partial charge in [0.05, 0.1) is 13.4 Å². The summed E-state index contributed by atoms with van der Waals surface area (Å²) >= 11 is 0. The number of methoxy groups -OCH3 is 1. The topological polar surface area (TPSA) is 48.4 Å². The van der Waals surface area contributed by atoms with E-state index in [2.05, 4.69) is 0 Å². The molecule has 0 aliphatic rings. The van der Waals surface area contributed by atoms with E-state index < -0.39 is 0 Å². The molecule has 0 bridgehead atoms. The van der Waals surface area contributed by atoms with Gasteiger partial charge in [-0.05, 0) is 6.07 Å². The lowest BCUT2D eigenvalue weighted by Crippen LogP contribution is -1.93. The van der Waals surface area contributed by atoms with Gasteiger partial charge in [-0.25, -0.2) is 0 Å². The third kappa shape index (κ3) is 1.17. The standard InChI is InChI=1S/C10H11NO2/c1-12-9-4-2-3-8-7(5-11)6-13-10(8)9/h2-4,6H,5,11H2,1H3. The Bertz CT molecular complexity index is 420. The van der Waals surface area contributed by atoms with E-state index in [-0.39, 0.29) is 0 Å². The Morgan fingerprint density at radius 2 is 2.31 bits per heavy atom. The van der Waals surface area contributed by atoms with Crippen LogP contribution in [0.25, 0.3) is 11.0 Å². The van der Waals surface area contributed by atoms with Gasteiger partial charge in [0.15, 0.2) is 11.3 Å². The Balaban J connectivity index is 2.72. The summed E-state index contributed by atoms with van der Waals surface area (Å²) in [6.07, 6.45) is 1.67. The number of fused-ring (bicyclic) bond motifs is 1. The number of furan rings is 1. The van der Waals surface area contributed by atoms with Crippen LogP contribution in [0.4, 0.5) is 0 Å². The van der Waals surface area contributed by atoms with Crippen molar-refractivity contribution in [2.75, 3.05) is 7.11 Å².